The second-order valence-electron chi connectivity index (χ2n) is 7.51. The molecule has 0 aliphatic heterocycles. The van der Waals surface area contributed by atoms with Crippen LogP contribution in [-0.4, -0.2) is 9.55 Å². The Bertz CT molecular complexity index is 1100. The topological polar surface area (TPSA) is 17.8 Å². The number of fused-ring (bicyclic) bond motifs is 1. The number of pyridine rings is 1. The first-order valence-corrected chi connectivity index (χ1v) is 11.2. The average Bonchev–Trinajstić information content (AvgIpc) is 3.13. The van der Waals surface area contributed by atoms with E-state index in [1.54, 1.807) is 0 Å². The Balaban J connectivity index is 0.00000256. The fourth-order valence-corrected chi connectivity index (χ4v) is 4.45. The number of halogens is 1. The molecule has 0 fully saturated rings. The van der Waals surface area contributed by atoms with Crippen molar-refractivity contribution < 1.29 is 20.1 Å². The van der Waals surface area contributed by atoms with E-state index >= 15 is 0 Å². The van der Waals surface area contributed by atoms with Gasteiger partial charge in [0, 0.05) is 53.4 Å². The molecule has 0 aliphatic carbocycles. The van der Waals surface area contributed by atoms with E-state index in [2.05, 4.69) is 81.8 Å². The smallest absolute Gasteiger partial charge is 0.0488 e. The van der Waals surface area contributed by atoms with Crippen molar-refractivity contribution in [1.29, 1.82) is 0 Å². The second-order valence-corrected chi connectivity index (χ2v) is 8.43. The Labute approximate surface area is 201 Å². The molecule has 1 atom stereocenters. The van der Waals surface area contributed by atoms with Crippen LogP contribution in [0.1, 0.15) is 45.6 Å². The van der Waals surface area contributed by atoms with Crippen LogP contribution in [0, 0.1) is 6.07 Å². The first-order valence-electron chi connectivity index (χ1n) is 10.4. The number of aromatic nitrogens is 2. The summed E-state index contributed by atoms with van der Waals surface area (Å²) in [5, 5.41) is 1.27. The third-order valence-electron chi connectivity index (χ3n) is 5.57. The number of benzene rings is 2. The van der Waals surface area contributed by atoms with Gasteiger partial charge in [-0.2, -0.15) is 0 Å². The van der Waals surface area contributed by atoms with Gasteiger partial charge in [-0.05, 0) is 48.9 Å². The number of rotatable bonds is 7. The molecule has 0 bridgehead atoms. The fourth-order valence-electron chi connectivity index (χ4n) is 4.07. The van der Waals surface area contributed by atoms with Crippen molar-refractivity contribution in [2.75, 3.05) is 0 Å². The van der Waals surface area contributed by atoms with Crippen molar-refractivity contribution in [3.63, 3.8) is 0 Å². The number of hydrogen-bond donors (Lipinski definition) is 0. The summed E-state index contributed by atoms with van der Waals surface area (Å²) in [6.45, 7) is 4.57. The molecule has 2 nitrogen and oxygen atoms in total. The summed E-state index contributed by atoms with van der Waals surface area (Å²) in [6.07, 6.45) is 6.63. The molecule has 4 rings (SSSR count). The zero-order valence-corrected chi connectivity index (χ0v) is 21.3. The van der Waals surface area contributed by atoms with Gasteiger partial charge >= 0.3 is 0 Å². The summed E-state index contributed by atoms with van der Waals surface area (Å²) in [6, 6.07) is 25.2. The molecule has 0 amide bonds. The maximum absolute atomic E-state index is 4.51. The third-order valence-corrected chi connectivity index (χ3v) is 6.06. The van der Waals surface area contributed by atoms with E-state index in [0.717, 1.165) is 22.2 Å². The Morgan fingerprint density at radius 3 is 2.67 bits per heavy atom. The molecular weight excluding hydrogens is 612 g/mol. The molecule has 30 heavy (non-hydrogen) atoms. The van der Waals surface area contributed by atoms with Crippen molar-refractivity contribution in [3.05, 3.63) is 77.4 Å². The van der Waals surface area contributed by atoms with Gasteiger partial charge in [-0.1, -0.05) is 60.3 Å². The van der Waals surface area contributed by atoms with E-state index in [-0.39, 0.29) is 20.1 Å². The molecule has 0 saturated carbocycles. The first-order chi connectivity index (χ1) is 14.2. The number of hydrogen-bond acceptors (Lipinski definition) is 1. The van der Waals surface area contributed by atoms with E-state index < -0.39 is 0 Å². The van der Waals surface area contributed by atoms with Gasteiger partial charge in [0.2, 0.25) is 0 Å². The van der Waals surface area contributed by atoms with Crippen molar-refractivity contribution in [3.8, 4) is 22.5 Å². The van der Waals surface area contributed by atoms with E-state index in [4.69, 9.17) is 0 Å². The van der Waals surface area contributed by atoms with E-state index in [1.165, 1.54) is 41.4 Å². The Hall–Kier alpha value is -1.74. The second kappa shape index (κ2) is 10.5. The maximum atomic E-state index is 4.51. The van der Waals surface area contributed by atoms with Crippen LogP contribution >= 0.6 is 15.9 Å². The molecule has 0 aliphatic rings. The summed E-state index contributed by atoms with van der Waals surface area (Å²) in [5.74, 6) is 0. The predicted octanol–water partition coefficient (Wildman–Crippen LogP) is 8.07. The Kier molecular flexibility index (Phi) is 8.05. The van der Waals surface area contributed by atoms with Crippen LogP contribution in [0.2, 0.25) is 0 Å². The first kappa shape index (κ1) is 22.9. The molecule has 2 aromatic heterocycles. The van der Waals surface area contributed by atoms with Crippen LogP contribution in [0.3, 0.4) is 0 Å². The SMILES string of the molecule is CCCCC(CC)n1c(-c2cc[c-]c(-c3ccccn3)c2)cc2cc(Br)ccc21.[Ir]. The van der Waals surface area contributed by atoms with Gasteiger partial charge in [0.1, 0.15) is 0 Å². The minimum atomic E-state index is 0. The van der Waals surface area contributed by atoms with Crippen LogP contribution in [0.5, 0.6) is 0 Å². The molecule has 1 unspecified atom stereocenters. The van der Waals surface area contributed by atoms with Gasteiger partial charge in [0.15, 0.2) is 0 Å². The standard InChI is InChI=1S/C26H26BrN2.Ir/c1-3-5-11-23(4-2)29-25-14-13-22(27)17-21(25)18-26(29)20-10-8-9-19(16-20)24-12-6-7-15-28-24;/h6-8,10,12-18,23H,3-5,11H2,1-2H3;/q-1;. The molecule has 4 aromatic rings. The van der Waals surface area contributed by atoms with Crippen molar-refractivity contribution in [1.82, 2.24) is 9.55 Å². The van der Waals surface area contributed by atoms with Gasteiger partial charge in [0.05, 0.1) is 0 Å². The molecule has 2 heterocycles. The van der Waals surface area contributed by atoms with Crippen LogP contribution in [-0.2, 0) is 20.1 Å². The van der Waals surface area contributed by atoms with Crippen molar-refractivity contribution >= 4 is 26.8 Å². The maximum Gasteiger partial charge on any atom is 0.0488 e. The zero-order valence-electron chi connectivity index (χ0n) is 17.4. The van der Waals surface area contributed by atoms with Gasteiger partial charge in [-0.25, -0.2) is 0 Å². The van der Waals surface area contributed by atoms with Gasteiger partial charge < -0.3 is 9.55 Å². The number of nitrogens with zero attached hydrogens (tertiary/aromatic N) is 2. The minimum Gasteiger partial charge on any atom is -0.339 e. The third kappa shape index (κ3) is 4.77. The van der Waals surface area contributed by atoms with E-state index in [9.17, 15) is 0 Å². The van der Waals surface area contributed by atoms with Crippen LogP contribution in [0.15, 0.2) is 71.3 Å². The minimum absolute atomic E-state index is 0. The molecule has 0 saturated heterocycles. The molecule has 157 valence electrons. The summed E-state index contributed by atoms with van der Waals surface area (Å²) in [5.41, 5.74) is 5.78. The molecule has 0 spiro atoms. The summed E-state index contributed by atoms with van der Waals surface area (Å²) >= 11 is 3.64. The fraction of sp³-hybridized carbons (Fsp3) is 0.269. The zero-order chi connectivity index (χ0) is 20.2. The molecule has 4 heteroatoms. The molecule has 0 N–H and O–H groups in total. The Morgan fingerprint density at radius 1 is 1.07 bits per heavy atom. The normalized spacial score (nSPS) is 12.0. The summed E-state index contributed by atoms with van der Waals surface area (Å²) in [4.78, 5) is 4.51. The Morgan fingerprint density at radius 2 is 1.93 bits per heavy atom. The van der Waals surface area contributed by atoms with Gasteiger partial charge in [0.25, 0.3) is 0 Å². The molecule has 1 radical (unpaired) electrons. The quantitative estimate of drug-likeness (QED) is 0.187. The van der Waals surface area contributed by atoms with Crippen LogP contribution in [0.4, 0.5) is 0 Å². The number of unbranched alkanes of at least 4 members (excludes halogenated alkanes) is 1. The summed E-state index contributed by atoms with van der Waals surface area (Å²) < 4.78 is 3.67. The van der Waals surface area contributed by atoms with Crippen LogP contribution in [0.25, 0.3) is 33.4 Å². The largest absolute Gasteiger partial charge is 0.339 e. The van der Waals surface area contributed by atoms with E-state index in [1.807, 2.05) is 30.5 Å². The van der Waals surface area contributed by atoms with Crippen molar-refractivity contribution in [2.45, 2.75) is 45.6 Å². The van der Waals surface area contributed by atoms with Gasteiger partial charge in [-0.15, -0.1) is 29.8 Å². The van der Waals surface area contributed by atoms with Crippen LogP contribution < -0.4 is 0 Å². The average molecular weight is 639 g/mol. The molecule has 2 aromatic carbocycles. The van der Waals surface area contributed by atoms with E-state index in [0.29, 0.717) is 6.04 Å². The van der Waals surface area contributed by atoms with Crippen molar-refractivity contribution in [2.24, 2.45) is 0 Å². The molecular formula is C26H26BrIrN2-. The van der Waals surface area contributed by atoms with Gasteiger partial charge in [-0.3, -0.25) is 0 Å². The summed E-state index contributed by atoms with van der Waals surface area (Å²) in [7, 11) is 0. The monoisotopic (exact) mass is 638 g/mol. The predicted molar refractivity (Wildman–Crippen MR) is 126 cm³/mol.